The third-order valence-electron chi connectivity index (χ3n) is 3.97. The molecule has 0 spiro atoms. The third kappa shape index (κ3) is 3.37. The Bertz CT molecular complexity index is 402. The number of rotatable bonds is 7. The van der Waals surface area contributed by atoms with Crippen molar-refractivity contribution in [1.82, 2.24) is 15.0 Å². The third-order valence-corrected chi connectivity index (χ3v) is 3.97. The standard InChI is InChI=1S/C14H26N4O2/c1-3-12(10-19-2)18-14(11-5-8-20-9-6-11)13(4-7-15)16-17-18/h11-12H,3-10,15H2,1-2H3. The summed E-state index contributed by atoms with van der Waals surface area (Å²) in [5.74, 6) is 0.478. The van der Waals surface area contributed by atoms with Crippen molar-refractivity contribution in [2.75, 3.05) is 33.5 Å². The molecule has 1 aliphatic rings. The van der Waals surface area contributed by atoms with Crippen molar-refractivity contribution >= 4 is 0 Å². The average molecular weight is 282 g/mol. The lowest BCUT2D eigenvalue weighted by molar-refractivity contribution is 0.0813. The van der Waals surface area contributed by atoms with E-state index < -0.39 is 0 Å². The van der Waals surface area contributed by atoms with E-state index in [1.807, 2.05) is 0 Å². The summed E-state index contributed by atoms with van der Waals surface area (Å²) in [5, 5.41) is 8.76. The molecule has 1 saturated heterocycles. The summed E-state index contributed by atoms with van der Waals surface area (Å²) in [5.41, 5.74) is 8.01. The molecule has 0 saturated carbocycles. The summed E-state index contributed by atoms with van der Waals surface area (Å²) < 4.78 is 12.9. The maximum atomic E-state index is 5.71. The van der Waals surface area contributed by atoms with Crippen molar-refractivity contribution in [3.63, 3.8) is 0 Å². The van der Waals surface area contributed by atoms with Crippen LogP contribution in [0, 0.1) is 0 Å². The number of nitrogens with two attached hydrogens (primary N) is 1. The first-order valence-electron chi connectivity index (χ1n) is 7.52. The minimum Gasteiger partial charge on any atom is -0.382 e. The van der Waals surface area contributed by atoms with E-state index in [1.54, 1.807) is 7.11 Å². The average Bonchev–Trinajstić information content (AvgIpc) is 2.89. The molecule has 6 heteroatoms. The molecule has 6 nitrogen and oxygen atoms in total. The molecule has 1 atom stereocenters. The van der Waals surface area contributed by atoms with E-state index in [-0.39, 0.29) is 6.04 Å². The van der Waals surface area contributed by atoms with Crippen LogP contribution in [0.5, 0.6) is 0 Å². The Morgan fingerprint density at radius 3 is 2.80 bits per heavy atom. The SMILES string of the molecule is CCC(COC)n1nnc(CCN)c1C1CCOCC1. The highest BCUT2D eigenvalue weighted by Crippen LogP contribution is 2.31. The first-order chi connectivity index (χ1) is 9.81. The number of ether oxygens (including phenoxy) is 2. The Hall–Kier alpha value is -0.980. The molecule has 0 amide bonds. The van der Waals surface area contributed by atoms with E-state index in [0.717, 1.165) is 44.6 Å². The second-order valence-electron chi connectivity index (χ2n) is 5.31. The number of hydrogen-bond acceptors (Lipinski definition) is 5. The van der Waals surface area contributed by atoms with Crippen molar-refractivity contribution < 1.29 is 9.47 Å². The molecule has 0 aromatic carbocycles. The van der Waals surface area contributed by atoms with Gasteiger partial charge in [0.25, 0.3) is 0 Å². The van der Waals surface area contributed by atoms with Crippen LogP contribution in [0.4, 0.5) is 0 Å². The lowest BCUT2D eigenvalue weighted by atomic mass is 9.93. The molecule has 1 aromatic rings. The Kier molecular flexibility index (Phi) is 5.94. The van der Waals surface area contributed by atoms with Crippen LogP contribution in [0.3, 0.4) is 0 Å². The van der Waals surface area contributed by atoms with Gasteiger partial charge in [0.2, 0.25) is 0 Å². The normalized spacial score (nSPS) is 18.4. The van der Waals surface area contributed by atoms with E-state index in [0.29, 0.717) is 19.1 Å². The van der Waals surface area contributed by atoms with Crippen LogP contribution in [0.2, 0.25) is 0 Å². The first kappa shape index (κ1) is 15.4. The summed E-state index contributed by atoms with van der Waals surface area (Å²) in [6.07, 6.45) is 3.84. The fourth-order valence-corrected chi connectivity index (χ4v) is 2.87. The van der Waals surface area contributed by atoms with Crippen molar-refractivity contribution in [3.8, 4) is 0 Å². The van der Waals surface area contributed by atoms with Gasteiger partial charge in [0.05, 0.1) is 24.0 Å². The number of hydrogen-bond donors (Lipinski definition) is 1. The van der Waals surface area contributed by atoms with Gasteiger partial charge >= 0.3 is 0 Å². The van der Waals surface area contributed by atoms with Crippen LogP contribution < -0.4 is 5.73 Å². The molecule has 0 bridgehead atoms. The van der Waals surface area contributed by atoms with Gasteiger partial charge in [-0.05, 0) is 25.8 Å². The monoisotopic (exact) mass is 282 g/mol. The minimum absolute atomic E-state index is 0.247. The summed E-state index contributed by atoms with van der Waals surface area (Å²) in [7, 11) is 1.73. The summed E-state index contributed by atoms with van der Waals surface area (Å²) >= 11 is 0. The number of aromatic nitrogens is 3. The summed E-state index contributed by atoms with van der Waals surface area (Å²) in [6, 6.07) is 0.247. The Morgan fingerprint density at radius 2 is 2.20 bits per heavy atom. The van der Waals surface area contributed by atoms with E-state index in [4.69, 9.17) is 15.2 Å². The molecular formula is C14H26N4O2. The predicted molar refractivity (Wildman–Crippen MR) is 76.8 cm³/mol. The Labute approximate surface area is 120 Å². The molecule has 2 heterocycles. The van der Waals surface area contributed by atoms with Gasteiger partial charge in [-0.2, -0.15) is 0 Å². The smallest absolute Gasteiger partial charge is 0.0874 e. The highest BCUT2D eigenvalue weighted by Gasteiger charge is 2.27. The van der Waals surface area contributed by atoms with Crippen molar-refractivity contribution in [2.24, 2.45) is 5.73 Å². The molecule has 0 aliphatic carbocycles. The van der Waals surface area contributed by atoms with Gasteiger partial charge in [-0.25, -0.2) is 4.68 Å². The van der Waals surface area contributed by atoms with Gasteiger partial charge in [0.15, 0.2) is 0 Å². The van der Waals surface area contributed by atoms with Gasteiger partial charge < -0.3 is 15.2 Å². The van der Waals surface area contributed by atoms with Crippen LogP contribution in [-0.4, -0.2) is 48.5 Å². The molecule has 20 heavy (non-hydrogen) atoms. The molecule has 1 fully saturated rings. The van der Waals surface area contributed by atoms with Gasteiger partial charge in [-0.3, -0.25) is 0 Å². The number of methoxy groups -OCH3 is 1. The van der Waals surface area contributed by atoms with Gasteiger partial charge in [-0.15, -0.1) is 5.10 Å². The highest BCUT2D eigenvalue weighted by atomic mass is 16.5. The Morgan fingerprint density at radius 1 is 1.45 bits per heavy atom. The first-order valence-corrected chi connectivity index (χ1v) is 7.52. The molecule has 2 N–H and O–H groups in total. The zero-order chi connectivity index (χ0) is 14.4. The van der Waals surface area contributed by atoms with Crippen LogP contribution >= 0.6 is 0 Å². The lowest BCUT2D eigenvalue weighted by Crippen LogP contribution is -2.23. The van der Waals surface area contributed by atoms with Gasteiger partial charge in [0.1, 0.15) is 0 Å². The lowest BCUT2D eigenvalue weighted by Gasteiger charge is -2.26. The second kappa shape index (κ2) is 7.71. The summed E-state index contributed by atoms with van der Waals surface area (Å²) in [4.78, 5) is 0. The van der Waals surface area contributed by atoms with E-state index in [1.165, 1.54) is 5.69 Å². The molecule has 1 aromatic heterocycles. The van der Waals surface area contributed by atoms with E-state index >= 15 is 0 Å². The second-order valence-corrected chi connectivity index (χ2v) is 5.31. The van der Waals surface area contributed by atoms with Crippen LogP contribution in [0.15, 0.2) is 0 Å². The van der Waals surface area contributed by atoms with Crippen molar-refractivity contribution in [1.29, 1.82) is 0 Å². The summed E-state index contributed by atoms with van der Waals surface area (Å²) in [6.45, 7) is 5.06. The largest absolute Gasteiger partial charge is 0.382 e. The molecule has 0 radical (unpaired) electrons. The highest BCUT2D eigenvalue weighted by molar-refractivity contribution is 5.17. The molecule has 1 aliphatic heterocycles. The van der Waals surface area contributed by atoms with Crippen molar-refractivity contribution in [2.45, 2.75) is 44.6 Å². The van der Waals surface area contributed by atoms with Crippen LogP contribution in [0.1, 0.15) is 49.5 Å². The number of nitrogens with zero attached hydrogens (tertiary/aromatic N) is 3. The van der Waals surface area contributed by atoms with E-state index in [9.17, 15) is 0 Å². The van der Waals surface area contributed by atoms with Crippen LogP contribution in [0.25, 0.3) is 0 Å². The fraction of sp³-hybridized carbons (Fsp3) is 0.857. The topological polar surface area (TPSA) is 75.2 Å². The zero-order valence-electron chi connectivity index (χ0n) is 12.5. The molecule has 2 rings (SSSR count). The van der Waals surface area contributed by atoms with Crippen molar-refractivity contribution in [3.05, 3.63) is 11.4 Å². The Balaban J connectivity index is 2.29. The molecule has 114 valence electrons. The maximum absolute atomic E-state index is 5.71. The predicted octanol–water partition coefficient (Wildman–Crippen LogP) is 1.27. The fourth-order valence-electron chi connectivity index (χ4n) is 2.87. The molecule has 1 unspecified atom stereocenters. The molecular weight excluding hydrogens is 256 g/mol. The maximum Gasteiger partial charge on any atom is 0.0874 e. The van der Waals surface area contributed by atoms with E-state index in [2.05, 4.69) is 21.9 Å². The van der Waals surface area contributed by atoms with Gasteiger partial charge in [0, 0.05) is 32.7 Å². The van der Waals surface area contributed by atoms with Crippen LogP contribution in [-0.2, 0) is 15.9 Å². The van der Waals surface area contributed by atoms with Gasteiger partial charge in [-0.1, -0.05) is 12.1 Å². The minimum atomic E-state index is 0.247. The quantitative estimate of drug-likeness (QED) is 0.815. The zero-order valence-corrected chi connectivity index (χ0v) is 12.5.